The van der Waals surface area contributed by atoms with Crippen LogP contribution in [0, 0.1) is 0 Å². The Labute approximate surface area is 89.5 Å². The van der Waals surface area contributed by atoms with Gasteiger partial charge in [0.15, 0.2) is 0 Å². The smallest absolute Gasteiger partial charge is 0.0438 e. The standard InChI is InChI=1S/C11H17NOS/c1-9(14-8-2-7-13)10-3-5-11(12)6-4-10/h3-6,9,13H,2,7-8,12H2,1H3. The molecule has 3 N–H and O–H groups in total. The molecule has 0 saturated carbocycles. The summed E-state index contributed by atoms with van der Waals surface area (Å²) in [5.41, 5.74) is 7.71. The zero-order valence-electron chi connectivity index (χ0n) is 8.44. The number of aliphatic hydroxyl groups excluding tert-OH is 1. The van der Waals surface area contributed by atoms with Crippen LogP contribution in [0.3, 0.4) is 0 Å². The summed E-state index contributed by atoms with van der Waals surface area (Å²) >= 11 is 1.86. The van der Waals surface area contributed by atoms with Crippen LogP contribution in [-0.2, 0) is 0 Å². The molecule has 3 heteroatoms. The van der Waals surface area contributed by atoms with Gasteiger partial charge in [0.2, 0.25) is 0 Å². The first-order valence-corrected chi connectivity index (χ1v) is 5.87. The third-order valence-electron chi connectivity index (χ3n) is 2.08. The van der Waals surface area contributed by atoms with Crippen LogP contribution in [0.15, 0.2) is 24.3 Å². The van der Waals surface area contributed by atoms with E-state index in [1.54, 1.807) is 0 Å². The molecule has 0 aliphatic heterocycles. The number of benzene rings is 1. The predicted molar refractivity (Wildman–Crippen MR) is 63.4 cm³/mol. The van der Waals surface area contributed by atoms with Gasteiger partial charge in [0.05, 0.1) is 0 Å². The number of anilines is 1. The molecule has 1 aromatic carbocycles. The van der Waals surface area contributed by atoms with E-state index in [4.69, 9.17) is 10.8 Å². The van der Waals surface area contributed by atoms with Gasteiger partial charge in [-0.25, -0.2) is 0 Å². The lowest BCUT2D eigenvalue weighted by Crippen LogP contribution is -1.93. The molecule has 0 bridgehead atoms. The van der Waals surface area contributed by atoms with E-state index in [9.17, 15) is 0 Å². The number of nitrogens with two attached hydrogens (primary N) is 1. The molecule has 0 saturated heterocycles. The highest BCUT2D eigenvalue weighted by Gasteiger charge is 2.04. The van der Waals surface area contributed by atoms with Crippen LogP contribution >= 0.6 is 11.8 Å². The fraction of sp³-hybridized carbons (Fsp3) is 0.455. The van der Waals surface area contributed by atoms with Crippen LogP contribution in [0.5, 0.6) is 0 Å². The number of nitrogen functional groups attached to an aromatic ring is 1. The third kappa shape index (κ3) is 3.60. The van der Waals surface area contributed by atoms with Crippen LogP contribution in [-0.4, -0.2) is 17.5 Å². The number of hydrogen-bond acceptors (Lipinski definition) is 3. The van der Waals surface area contributed by atoms with Gasteiger partial charge in [0.25, 0.3) is 0 Å². The average Bonchev–Trinajstić information content (AvgIpc) is 2.19. The lowest BCUT2D eigenvalue weighted by Gasteiger charge is -2.11. The van der Waals surface area contributed by atoms with Crippen LogP contribution < -0.4 is 5.73 Å². The Bertz CT molecular complexity index is 260. The highest BCUT2D eigenvalue weighted by Crippen LogP contribution is 2.28. The number of aliphatic hydroxyl groups is 1. The first-order valence-electron chi connectivity index (χ1n) is 4.82. The van der Waals surface area contributed by atoms with E-state index < -0.39 is 0 Å². The number of rotatable bonds is 5. The van der Waals surface area contributed by atoms with Crippen LogP contribution in [0.2, 0.25) is 0 Å². The van der Waals surface area contributed by atoms with Crippen molar-refractivity contribution in [2.75, 3.05) is 18.1 Å². The monoisotopic (exact) mass is 211 g/mol. The van der Waals surface area contributed by atoms with Gasteiger partial charge in [-0.15, -0.1) is 0 Å². The average molecular weight is 211 g/mol. The Kier molecular flexibility index (Phi) is 4.84. The second-order valence-electron chi connectivity index (χ2n) is 3.26. The summed E-state index contributed by atoms with van der Waals surface area (Å²) in [5.74, 6) is 1.00. The van der Waals surface area contributed by atoms with Crippen molar-refractivity contribution < 1.29 is 5.11 Å². The first-order chi connectivity index (χ1) is 6.74. The quantitative estimate of drug-likeness (QED) is 0.581. The summed E-state index contributed by atoms with van der Waals surface area (Å²) in [4.78, 5) is 0. The van der Waals surface area contributed by atoms with E-state index in [2.05, 4.69) is 19.1 Å². The molecule has 0 aromatic heterocycles. The molecule has 14 heavy (non-hydrogen) atoms. The van der Waals surface area contributed by atoms with Crippen LogP contribution in [0.1, 0.15) is 24.2 Å². The predicted octanol–water partition coefficient (Wildman–Crippen LogP) is 2.45. The van der Waals surface area contributed by atoms with Crippen molar-refractivity contribution in [3.8, 4) is 0 Å². The summed E-state index contributed by atoms with van der Waals surface area (Å²) in [6.07, 6.45) is 0.865. The Hall–Kier alpha value is -0.670. The molecule has 1 atom stereocenters. The van der Waals surface area contributed by atoms with E-state index in [0.29, 0.717) is 5.25 Å². The topological polar surface area (TPSA) is 46.2 Å². The summed E-state index contributed by atoms with van der Waals surface area (Å²) in [6.45, 7) is 2.45. The summed E-state index contributed by atoms with van der Waals surface area (Å²) in [7, 11) is 0. The van der Waals surface area contributed by atoms with E-state index in [1.165, 1.54) is 5.56 Å². The van der Waals surface area contributed by atoms with E-state index in [-0.39, 0.29) is 6.61 Å². The molecule has 0 spiro atoms. The Morgan fingerprint density at radius 3 is 2.57 bits per heavy atom. The highest BCUT2D eigenvalue weighted by atomic mass is 32.2. The molecule has 2 nitrogen and oxygen atoms in total. The zero-order chi connectivity index (χ0) is 10.4. The first kappa shape index (κ1) is 11.4. The van der Waals surface area contributed by atoms with Crippen molar-refractivity contribution in [1.29, 1.82) is 0 Å². The Morgan fingerprint density at radius 1 is 1.36 bits per heavy atom. The van der Waals surface area contributed by atoms with Gasteiger partial charge in [-0.1, -0.05) is 12.1 Å². The van der Waals surface area contributed by atoms with Crippen LogP contribution in [0.25, 0.3) is 0 Å². The van der Waals surface area contributed by atoms with Gasteiger partial charge in [-0.05, 0) is 36.8 Å². The molecule has 1 unspecified atom stereocenters. The maximum Gasteiger partial charge on any atom is 0.0438 e. The molecule has 0 aliphatic rings. The second-order valence-corrected chi connectivity index (χ2v) is 4.71. The Balaban J connectivity index is 2.43. The molecule has 0 radical (unpaired) electrons. The van der Waals surface area contributed by atoms with Gasteiger partial charge in [0.1, 0.15) is 0 Å². The van der Waals surface area contributed by atoms with Crippen molar-refractivity contribution >= 4 is 17.4 Å². The molecule has 1 aromatic rings. The van der Waals surface area contributed by atoms with Crippen molar-refractivity contribution in [1.82, 2.24) is 0 Å². The SMILES string of the molecule is CC(SCCCO)c1ccc(N)cc1. The lowest BCUT2D eigenvalue weighted by atomic mass is 10.1. The zero-order valence-corrected chi connectivity index (χ0v) is 9.26. The van der Waals surface area contributed by atoms with Gasteiger partial charge in [-0.3, -0.25) is 0 Å². The van der Waals surface area contributed by atoms with Crippen molar-refractivity contribution in [2.24, 2.45) is 0 Å². The second kappa shape index (κ2) is 5.94. The van der Waals surface area contributed by atoms with Gasteiger partial charge < -0.3 is 10.8 Å². The minimum atomic E-state index is 0.279. The van der Waals surface area contributed by atoms with Crippen LogP contribution in [0.4, 0.5) is 5.69 Å². The van der Waals surface area contributed by atoms with E-state index >= 15 is 0 Å². The molecule has 78 valence electrons. The van der Waals surface area contributed by atoms with Crippen molar-refractivity contribution in [2.45, 2.75) is 18.6 Å². The van der Waals surface area contributed by atoms with Crippen molar-refractivity contribution in [3.05, 3.63) is 29.8 Å². The molecule has 0 heterocycles. The third-order valence-corrected chi connectivity index (χ3v) is 3.37. The number of thioether (sulfide) groups is 1. The molecule has 0 amide bonds. The highest BCUT2D eigenvalue weighted by molar-refractivity contribution is 7.99. The fourth-order valence-corrected chi connectivity index (χ4v) is 2.19. The van der Waals surface area contributed by atoms with Gasteiger partial charge >= 0.3 is 0 Å². The molecule has 0 fully saturated rings. The number of hydrogen-bond donors (Lipinski definition) is 2. The van der Waals surface area contributed by atoms with Crippen molar-refractivity contribution in [3.63, 3.8) is 0 Å². The normalized spacial score (nSPS) is 12.7. The summed E-state index contributed by atoms with van der Waals surface area (Å²) < 4.78 is 0. The molecule has 1 rings (SSSR count). The van der Waals surface area contributed by atoms with E-state index in [1.807, 2.05) is 23.9 Å². The molecular formula is C11H17NOS. The lowest BCUT2D eigenvalue weighted by molar-refractivity contribution is 0.296. The Morgan fingerprint density at radius 2 is 2.00 bits per heavy atom. The summed E-state index contributed by atoms with van der Waals surface area (Å²) in [5, 5.41) is 9.13. The van der Waals surface area contributed by atoms with E-state index in [0.717, 1.165) is 17.9 Å². The maximum absolute atomic E-state index is 8.66. The minimum absolute atomic E-state index is 0.279. The summed E-state index contributed by atoms with van der Waals surface area (Å²) in [6, 6.07) is 7.98. The molecule has 0 aliphatic carbocycles. The largest absolute Gasteiger partial charge is 0.399 e. The maximum atomic E-state index is 8.66. The minimum Gasteiger partial charge on any atom is -0.399 e. The van der Waals surface area contributed by atoms with Gasteiger partial charge in [0, 0.05) is 17.5 Å². The fourth-order valence-electron chi connectivity index (χ4n) is 1.19. The van der Waals surface area contributed by atoms with Gasteiger partial charge in [-0.2, -0.15) is 11.8 Å². The molecular weight excluding hydrogens is 194 g/mol.